The Morgan fingerprint density at radius 3 is 2.30 bits per heavy atom. The highest BCUT2D eigenvalue weighted by atomic mass is 16.5. The molecule has 1 aromatic heterocycles. The van der Waals surface area contributed by atoms with Crippen LogP contribution in [0.15, 0.2) is 91.1 Å². The van der Waals surface area contributed by atoms with Gasteiger partial charge in [-0.15, -0.1) is 0 Å². The molecule has 0 radical (unpaired) electrons. The van der Waals surface area contributed by atoms with Crippen LogP contribution < -0.4 is 10.6 Å². The SMILES string of the molecule is O=C(Cc1ccccc1)Nc1ccccc1C(=O)OCC(=O)Nc1cccc2ncccc12. The Hall–Kier alpha value is -4.52. The molecule has 4 aromatic rings. The third-order valence-electron chi connectivity index (χ3n) is 4.88. The van der Waals surface area contributed by atoms with E-state index in [-0.39, 0.29) is 17.9 Å². The first-order valence-corrected chi connectivity index (χ1v) is 10.3. The van der Waals surface area contributed by atoms with E-state index in [4.69, 9.17) is 4.74 Å². The van der Waals surface area contributed by atoms with Gasteiger partial charge in [0.1, 0.15) is 0 Å². The molecule has 0 fully saturated rings. The normalized spacial score (nSPS) is 10.4. The molecule has 0 saturated carbocycles. The molecule has 0 aliphatic carbocycles. The van der Waals surface area contributed by atoms with Gasteiger partial charge in [0.15, 0.2) is 6.61 Å². The highest BCUT2D eigenvalue weighted by molar-refractivity contribution is 6.04. The van der Waals surface area contributed by atoms with E-state index >= 15 is 0 Å². The number of amides is 2. The standard InChI is InChI=1S/C26H21N3O4/c30-24(16-18-8-2-1-3-9-18)28-23-12-5-4-10-20(23)26(32)33-17-25(31)29-22-14-6-13-21-19(22)11-7-15-27-21/h1-15H,16-17H2,(H,28,30)(H,29,31). The molecule has 33 heavy (non-hydrogen) atoms. The van der Waals surface area contributed by atoms with Gasteiger partial charge in [0.05, 0.1) is 28.9 Å². The smallest absolute Gasteiger partial charge is 0.340 e. The Bertz CT molecular complexity index is 1300. The van der Waals surface area contributed by atoms with Crippen LogP contribution in [0.5, 0.6) is 0 Å². The zero-order valence-corrected chi connectivity index (χ0v) is 17.7. The van der Waals surface area contributed by atoms with E-state index < -0.39 is 18.5 Å². The first kappa shape index (κ1) is 21.7. The van der Waals surface area contributed by atoms with E-state index in [1.807, 2.05) is 42.5 Å². The Balaban J connectivity index is 1.37. The van der Waals surface area contributed by atoms with Gasteiger partial charge < -0.3 is 15.4 Å². The van der Waals surface area contributed by atoms with Crippen molar-refractivity contribution in [3.05, 3.63) is 102 Å². The van der Waals surface area contributed by atoms with Crippen molar-refractivity contribution in [1.82, 2.24) is 4.98 Å². The van der Waals surface area contributed by atoms with Crippen molar-refractivity contribution in [2.45, 2.75) is 6.42 Å². The summed E-state index contributed by atoms with van der Waals surface area (Å²) in [6, 6.07) is 24.8. The number of aromatic nitrogens is 1. The molecule has 0 aliphatic heterocycles. The second-order valence-electron chi connectivity index (χ2n) is 7.26. The molecule has 0 unspecified atom stereocenters. The van der Waals surface area contributed by atoms with Crippen LogP contribution in [0.25, 0.3) is 10.9 Å². The first-order chi connectivity index (χ1) is 16.1. The summed E-state index contributed by atoms with van der Waals surface area (Å²) in [7, 11) is 0. The molecule has 164 valence electrons. The number of fused-ring (bicyclic) bond motifs is 1. The lowest BCUT2D eigenvalue weighted by Crippen LogP contribution is -2.22. The van der Waals surface area contributed by atoms with Crippen molar-refractivity contribution in [3.8, 4) is 0 Å². The van der Waals surface area contributed by atoms with Crippen molar-refractivity contribution in [1.29, 1.82) is 0 Å². The monoisotopic (exact) mass is 439 g/mol. The van der Waals surface area contributed by atoms with Gasteiger partial charge in [0.25, 0.3) is 5.91 Å². The molecule has 7 heteroatoms. The number of carbonyl (C=O) groups excluding carboxylic acids is 3. The molecule has 1 heterocycles. The average Bonchev–Trinajstić information content (AvgIpc) is 2.84. The van der Waals surface area contributed by atoms with Gasteiger partial charge in [-0.3, -0.25) is 14.6 Å². The highest BCUT2D eigenvalue weighted by Gasteiger charge is 2.16. The van der Waals surface area contributed by atoms with Crippen LogP contribution in [0.4, 0.5) is 11.4 Å². The third-order valence-corrected chi connectivity index (χ3v) is 4.88. The number of benzene rings is 3. The van der Waals surface area contributed by atoms with Crippen molar-refractivity contribution < 1.29 is 19.1 Å². The highest BCUT2D eigenvalue weighted by Crippen LogP contribution is 2.21. The van der Waals surface area contributed by atoms with Gasteiger partial charge in [0.2, 0.25) is 5.91 Å². The van der Waals surface area contributed by atoms with Crippen LogP contribution in [-0.4, -0.2) is 29.4 Å². The predicted molar refractivity (Wildman–Crippen MR) is 126 cm³/mol. The summed E-state index contributed by atoms with van der Waals surface area (Å²) in [5.41, 5.74) is 2.67. The van der Waals surface area contributed by atoms with Crippen LogP contribution in [-0.2, 0) is 20.7 Å². The fourth-order valence-electron chi connectivity index (χ4n) is 3.35. The maximum atomic E-state index is 12.6. The number of anilines is 2. The van der Waals surface area contributed by atoms with Crippen LogP contribution in [0, 0.1) is 0 Å². The Labute approximate surface area is 190 Å². The average molecular weight is 439 g/mol. The molecule has 0 aliphatic rings. The minimum atomic E-state index is -0.708. The second kappa shape index (κ2) is 10.2. The summed E-state index contributed by atoms with van der Waals surface area (Å²) in [6.45, 7) is -0.470. The van der Waals surface area contributed by atoms with Gasteiger partial charge in [-0.1, -0.05) is 48.5 Å². The number of nitrogens with one attached hydrogen (secondary N) is 2. The first-order valence-electron chi connectivity index (χ1n) is 10.3. The van der Waals surface area contributed by atoms with E-state index in [0.717, 1.165) is 16.5 Å². The van der Waals surface area contributed by atoms with E-state index in [1.54, 1.807) is 42.6 Å². The summed E-state index contributed by atoms with van der Waals surface area (Å²) in [4.78, 5) is 41.6. The van der Waals surface area contributed by atoms with Gasteiger partial charge >= 0.3 is 5.97 Å². The third kappa shape index (κ3) is 5.59. The van der Waals surface area contributed by atoms with Crippen molar-refractivity contribution in [2.75, 3.05) is 17.2 Å². The van der Waals surface area contributed by atoms with Crippen molar-refractivity contribution in [3.63, 3.8) is 0 Å². The molecular weight excluding hydrogens is 418 g/mol. The molecule has 7 nitrogen and oxygen atoms in total. The van der Waals surface area contributed by atoms with Crippen LogP contribution in [0.3, 0.4) is 0 Å². The van der Waals surface area contributed by atoms with Gasteiger partial charge in [-0.25, -0.2) is 4.79 Å². The number of pyridine rings is 1. The Morgan fingerprint density at radius 1 is 0.727 bits per heavy atom. The lowest BCUT2D eigenvalue weighted by atomic mass is 10.1. The van der Waals surface area contributed by atoms with Crippen LogP contribution in [0.2, 0.25) is 0 Å². The number of hydrogen-bond donors (Lipinski definition) is 2. The zero-order valence-electron chi connectivity index (χ0n) is 17.7. The largest absolute Gasteiger partial charge is 0.452 e. The summed E-state index contributed by atoms with van der Waals surface area (Å²) in [5.74, 6) is -1.45. The van der Waals surface area contributed by atoms with E-state index in [0.29, 0.717) is 11.4 Å². The summed E-state index contributed by atoms with van der Waals surface area (Å²) in [6.07, 6.45) is 1.85. The zero-order chi connectivity index (χ0) is 23.0. The molecule has 0 saturated heterocycles. The minimum Gasteiger partial charge on any atom is -0.452 e. The molecule has 0 spiro atoms. The Morgan fingerprint density at radius 2 is 1.45 bits per heavy atom. The predicted octanol–water partition coefficient (Wildman–Crippen LogP) is 4.21. The fraction of sp³-hybridized carbons (Fsp3) is 0.0769. The number of hydrogen-bond acceptors (Lipinski definition) is 5. The number of esters is 1. The molecule has 4 rings (SSSR count). The van der Waals surface area contributed by atoms with E-state index in [9.17, 15) is 14.4 Å². The lowest BCUT2D eigenvalue weighted by molar-refractivity contribution is -0.119. The van der Waals surface area contributed by atoms with Gasteiger partial charge in [-0.05, 0) is 42.0 Å². The topological polar surface area (TPSA) is 97.4 Å². The number of nitrogens with zero attached hydrogens (tertiary/aromatic N) is 1. The van der Waals surface area contributed by atoms with E-state index in [2.05, 4.69) is 15.6 Å². The van der Waals surface area contributed by atoms with E-state index in [1.165, 1.54) is 6.07 Å². The van der Waals surface area contributed by atoms with Crippen molar-refractivity contribution >= 4 is 40.1 Å². The molecule has 0 atom stereocenters. The van der Waals surface area contributed by atoms with Gasteiger partial charge in [-0.2, -0.15) is 0 Å². The molecule has 2 amide bonds. The number of rotatable bonds is 7. The molecule has 2 N–H and O–H groups in total. The van der Waals surface area contributed by atoms with Gasteiger partial charge in [0, 0.05) is 11.6 Å². The van der Waals surface area contributed by atoms with Crippen LogP contribution in [0.1, 0.15) is 15.9 Å². The summed E-state index contributed by atoms with van der Waals surface area (Å²) in [5, 5.41) is 6.26. The lowest BCUT2D eigenvalue weighted by Gasteiger charge is -2.12. The number of ether oxygens (including phenoxy) is 1. The summed E-state index contributed by atoms with van der Waals surface area (Å²) >= 11 is 0. The molecule has 3 aromatic carbocycles. The quantitative estimate of drug-likeness (QED) is 0.421. The fourth-order valence-corrected chi connectivity index (χ4v) is 3.35. The molecule has 0 bridgehead atoms. The maximum absolute atomic E-state index is 12.6. The Kier molecular flexibility index (Phi) is 6.70. The summed E-state index contributed by atoms with van der Waals surface area (Å²) < 4.78 is 5.20. The second-order valence-corrected chi connectivity index (χ2v) is 7.26. The van der Waals surface area contributed by atoms with Crippen molar-refractivity contribution in [2.24, 2.45) is 0 Å². The maximum Gasteiger partial charge on any atom is 0.340 e. The van der Waals surface area contributed by atoms with Crippen LogP contribution >= 0.6 is 0 Å². The number of para-hydroxylation sites is 1. The minimum absolute atomic E-state index is 0.168. The molecular formula is C26H21N3O4. The number of carbonyl (C=O) groups is 3.